The van der Waals surface area contributed by atoms with E-state index < -0.39 is 0 Å². The van der Waals surface area contributed by atoms with Crippen molar-refractivity contribution in [3.8, 4) is 6.07 Å². The first-order chi connectivity index (χ1) is 5.62. The van der Waals surface area contributed by atoms with E-state index in [0.717, 1.165) is 19.5 Å². The first-order valence-corrected chi connectivity index (χ1v) is 4.31. The Labute approximate surface area is 75.3 Å². The van der Waals surface area contributed by atoms with Crippen molar-refractivity contribution in [3.05, 3.63) is 12.7 Å². The van der Waals surface area contributed by atoms with Crippen LogP contribution in [0.4, 0.5) is 0 Å². The van der Waals surface area contributed by atoms with Crippen molar-refractivity contribution in [2.24, 2.45) is 5.41 Å². The average molecular weight is 166 g/mol. The van der Waals surface area contributed by atoms with Crippen LogP contribution < -0.4 is 5.32 Å². The Hall–Kier alpha value is -0.810. The van der Waals surface area contributed by atoms with Gasteiger partial charge < -0.3 is 5.32 Å². The van der Waals surface area contributed by atoms with E-state index >= 15 is 0 Å². The van der Waals surface area contributed by atoms with Crippen LogP contribution in [-0.2, 0) is 0 Å². The van der Waals surface area contributed by atoms with Crippen LogP contribution >= 0.6 is 0 Å². The minimum Gasteiger partial charge on any atom is -0.313 e. The van der Waals surface area contributed by atoms with Gasteiger partial charge in [-0.3, -0.25) is 0 Å². The van der Waals surface area contributed by atoms with Gasteiger partial charge in [-0.25, -0.2) is 0 Å². The fourth-order valence-electron chi connectivity index (χ4n) is 0.995. The molecule has 0 aliphatic heterocycles. The fraction of sp³-hybridized carbons (Fsp3) is 0.700. The molecule has 0 heterocycles. The molecule has 2 nitrogen and oxygen atoms in total. The van der Waals surface area contributed by atoms with Crippen LogP contribution in [0.3, 0.4) is 0 Å². The van der Waals surface area contributed by atoms with Gasteiger partial charge in [-0.1, -0.05) is 19.9 Å². The molecule has 0 aliphatic carbocycles. The topological polar surface area (TPSA) is 35.8 Å². The average Bonchev–Trinajstić information content (AvgIpc) is 2.01. The molecular weight excluding hydrogens is 148 g/mol. The Morgan fingerprint density at radius 2 is 2.25 bits per heavy atom. The summed E-state index contributed by atoms with van der Waals surface area (Å²) >= 11 is 0. The van der Waals surface area contributed by atoms with Gasteiger partial charge in [0.05, 0.1) is 6.07 Å². The Morgan fingerprint density at radius 1 is 1.58 bits per heavy atom. The van der Waals surface area contributed by atoms with Gasteiger partial charge in [0.2, 0.25) is 0 Å². The van der Waals surface area contributed by atoms with Gasteiger partial charge in [0, 0.05) is 19.5 Å². The number of hydrogen-bond donors (Lipinski definition) is 1. The summed E-state index contributed by atoms with van der Waals surface area (Å²) in [6, 6.07) is 2.17. The molecule has 0 amide bonds. The zero-order valence-corrected chi connectivity index (χ0v) is 8.06. The maximum Gasteiger partial charge on any atom is 0.0621 e. The second-order valence-corrected chi connectivity index (χ2v) is 3.74. The molecule has 0 radical (unpaired) electrons. The highest BCUT2D eigenvalue weighted by molar-refractivity contribution is 4.80. The lowest BCUT2D eigenvalue weighted by Gasteiger charge is -2.23. The first kappa shape index (κ1) is 11.2. The molecule has 0 fully saturated rings. The summed E-state index contributed by atoms with van der Waals surface area (Å²) < 4.78 is 0. The molecule has 0 bridgehead atoms. The van der Waals surface area contributed by atoms with Crippen molar-refractivity contribution in [2.75, 3.05) is 13.1 Å². The first-order valence-electron chi connectivity index (χ1n) is 4.31. The molecule has 0 saturated carbocycles. The lowest BCUT2D eigenvalue weighted by molar-refractivity contribution is 0.324. The van der Waals surface area contributed by atoms with E-state index in [-0.39, 0.29) is 5.41 Å². The van der Waals surface area contributed by atoms with Crippen molar-refractivity contribution >= 4 is 0 Å². The highest BCUT2D eigenvalue weighted by Gasteiger charge is 2.15. The standard InChI is InChI=1S/C10H18N2/c1-4-8-12-9-10(2,3)6-5-7-11/h4,12H,1,5-6,8-9H2,2-3H3. The van der Waals surface area contributed by atoms with Gasteiger partial charge in [0.25, 0.3) is 0 Å². The molecule has 0 aliphatic rings. The Morgan fingerprint density at radius 3 is 2.75 bits per heavy atom. The monoisotopic (exact) mass is 166 g/mol. The van der Waals surface area contributed by atoms with Crippen LogP contribution in [0, 0.1) is 16.7 Å². The number of nitriles is 1. The molecule has 0 saturated heterocycles. The summed E-state index contributed by atoms with van der Waals surface area (Å²) in [5, 5.41) is 11.7. The molecule has 0 rings (SSSR count). The second kappa shape index (κ2) is 5.79. The van der Waals surface area contributed by atoms with Gasteiger partial charge in [0.1, 0.15) is 0 Å². The Balaban J connectivity index is 3.56. The minimum atomic E-state index is 0.221. The predicted molar refractivity (Wildman–Crippen MR) is 51.7 cm³/mol. The highest BCUT2D eigenvalue weighted by Crippen LogP contribution is 2.20. The van der Waals surface area contributed by atoms with Crippen molar-refractivity contribution in [1.82, 2.24) is 5.32 Å². The summed E-state index contributed by atoms with van der Waals surface area (Å²) in [6.45, 7) is 9.75. The van der Waals surface area contributed by atoms with E-state index in [0.29, 0.717) is 6.42 Å². The van der Waals surface area contributed by atoms with Gasteiger partial charge in [-0.2, -0.15) is 5.26 Å². The van der Waals surface area contributed by atoms with Crippen molar-refractivity contribution < 1.29 is 0 Å². The number of hydrogen-bond acceptors (Lipinski definition) is 2. The third-order valence-corrected chi connectivity index (χ3v) is 1.81. The van der Waals surface area contributed by atoms with E-state index in [4.69, 9.17) is 5.26 Å². The van der Waals surface area contributed by atoms with Crippen LogP contribution in [-0.4, -0.2) is 13.1 Å². The molecule has 0 aromatic carbocycles. The predicted octanol–water partition coefficient (Wildman–Crippen LogP) is 2.09. The smallest absolute Gasteiger partial charge is 0.0621 e. The van der Waals surface area contributed by atoms with Crippen LogP contribution in [0.5, 0.6) is 0 Å². The second-order valence-electron chi connectivity index (χ2n) is 3.74. The van der Waals surface area contributed by atoms with Crippen LogP contribution in [0.25, 0.3) is 0 Å². The van der Waals surface area contributed by atoms with E-state index in [1.54, 1.807) is 0 Å². The zero-order chi connectivity index (χ0) is 9.45. The summed E-state index contributed by atoms with van der Waals surface area (Å²) in [5.74, 6) is 0. The summed E-state index contributed by atoms with van der Waals surface area (Å²) in [4.78, 5) is 0. The van der Waals surface area contributed by atoms with E-state index in [2.05, 4.69) is 31.8 Å². The van der Waals surface area contributed by atoms with Crippen molar-refractivity contribution in [3.63, 3.8) is 0 Å². The third-order valence-electron chi connectivity index (χ3n) is 1.81. The number of nitrogens with zero attached hydrogens (tertiary/aromatic N) is 1. The van der Waals surface area contributed by atoms with E-state index in [1.165, 1.54) is 0 Å². The largest absolute Gasteiger partial charge is 0.313 e. The zero-order valence-electron chi connectivity index (χ0n) is 8.06. The number of rotatable bonds is 6. The normalized spacial score (nSPS) is 10.8. The van der Waals surface area contributed by atoms with Crippen molar-refractivity contribution in [1.29, 1.82) is 5.26 Å². The maximum absolute atomic E-state index is 8.41. The summed E-state index contributed by atoms with van der Waals surface area (Å²) in [5.41, 5.74) is 0.221. The van der Waals surface area contributed by atoms with Crippen LogP contribution in [0.15, 0.2) is 12.7 Å². The summed E-state index contributed by atoms with van der Waals surface area (Å²) in [6.07, 6.45) is 3.44. The Bertz CT molecular complexity index is 165. The molecule has 0 aromatic rings. The molecule has 1 N–H and O–H groups in total. The van der Waals surface area contributed by atoms with Gasteiger partial charge in [0.15, 0.2) is 0 Å². The molecule has 2 heteroatoms. The van der Waals surface area contributed by atoms with Crippen molar-refractivity contribution in [2.45, 2.75) is 26.7 Å². The lowest BCUT2D eigenvalue weighted by atomic mass is 9.88. The van der Waals surface area contributed by atoms with E-state index in [9.17, 15) is 0 Å². The molecular formula is C10H18N2. The summed E-state index contributed by atoms with van der Waals surface area (Å²) in [7, 11) is 0. The number of nitrogens with one attached hydrogen (secondary N) is 1. The Kier molecular flexibility index (Phi) is 5.40. The van der Waals surface area contributed by atoms with E-state index in [1.807, 2.05) is 6.08 Å². The molecule has 0 unspecified atom stereocenters. The lowest BCUT2D eigenvalue weighted by Crippen LogP contribution is -2.29. The molecule has 0 spiro atoms. The molecule has 0 aromatic heterocycles. The third kappa shape index (κ3) is 5.94. The van der Waals surface area contributed by atoms with Crippen LogP contribution in [0.2, 0.25) is 0 Å². The van der Waals surface area contributed by atoms with Crippen LogP contribution in [0.1, 0.15) is 26.7 Å². The molecule has 68 valence electrons. The molecule has 0 atom stereocenters. The van der Waals surface area contributed by atoms with Gasteiger partial charge >= 0.3 is 0 Å². The fourth-order valence-corrected chi connectivity index (χ4v) is 0.995. The van der Waals surface area contributed by atoms with Gasteiger partial charge in [-0.05, 0) is 11.8 Å². The molecule has 12 heavy (non-hydrogen) atoms. The minimum absolute atomic E-state index is 0.221. The van der Waals surface area contributed by atoms with Gasteiger partial charge in [-0.15, -0.1) is 6.58 Å². The quantitative estimate of drug-likeness (QED) is 0.484. The SMILES string of the molecule is C=CCNCC(C)(C)CCC#N. The maximum atomic E-state index is 8.41. The highest BCUT2D eigenvalue weighted by atomic mass is 14.9.